The Morgan fingerprint density at radius 3 is 1.63 bits per heavy atom. The summed E-state index contributed by atoms with van der Waals surface area (Å²) >= 11 is 0. The highest BCUT2D eigenvalue weighted by atomic mass is 16.3. The van der Waals surface area contributed by atoms with E-state index in [4.69, 9.17) is 5.26 Å². The molecule has 0 radical (unpaired) electrons. The lowest BCUT2D eigenvalue weighted by molar-refractivity contribution is 0.0796. The predicted octanol–water partition coefficient (Wildman–Crippen LogP) is 4.67. The highest BCUT2D eigenvalue weighted by Crippen LogP contribution is 2.39. The molecule has 0 aromatic heterocycles. The quantitative estimate of drug-likeness (QED) is 0.788. The van der Waals surface area contributed by atoms with Gasteiger partial charge in [-0.2, -0.15) is 5.26 Å². The van der Waals surface area contributed by atoms with Gasteiger partial charge >= 0.3 is 0 Å². The van der Waals surface area contributed by atoms with Gasteiger partial charge in [0.2, 0.25) is 0 Å². The first-order valence-corrected chi connectivity index (χ1v) is 8.28. The van der Waals surface area contributed by atoms with Crippen molar-refractivity contribution in [1.82, 2.24) is 0 Å². The number of nitrogens with zero attached hydrogens (tertiary/aromatic N) is 1. The molecule has 2 saturated carbocycles. The highest BCUT2D eigenvalue weighted by Gasteiger charge is 2.30. The maximum atomic E-state index is 9.46. The Bertz CT molecular complexity index is 253. The van der Waals surface area contributed by atoms with Gasteiger partial charge < -0.3 is 5.11 Å². The molecular weight excluding hydrogens is 234 g/mol. The van der Waals surface area contributed by atoms with Crippen molar-refractivity contribution in [1.29, 1.82) is 5.26 Å². The van der Waals surface area contributed by atoms with E-state index >= 15 is 0 Å². The molecule has 2 heteroatoms. The fourth-order valence-electron chi connectivity index (χ4n) is 3.29. The molecule has 0 atom stereocenters. The Morgan fingerprint density at radius 2 is 1.26 bits per heavy atom. The zero-order valence-electron chi connectivity index (χ0n) is 12.8. The second-order valence-electron chi connectivity index (χ2n) is 6.31. The van der Waals surface area contributed by atoms with E-state index in [-0.39, 0.29) is 6.10 Å². The third kappa shape index (κ3) is 5.95. The zero-order chi connectivity index (χ0) is 14.1. The molecule has 0 unspecified atom stereocenters. The Morgan fingerprint density at radius 1 is 0.842 bits per heavy atom. The molecule has 110 valence electrons. The van der Waals surface area contributed by atoms with Crippen LogP contribution in [0.5, 0.6) is 0 Å². The number of unbranched alkanes of at least 4 members (excludes halogenated alkanes) is 1. The number of aliphatic hydroxyl groups excluding tert-OH is 1. The Labute approximate surface area is 119 Å². The topological polar surface area (TPSA) is 44.0 Å². The van der Waals surface area contributed by atoms with Crippen molar-refractivity contribution in [2.45, 2.75) is 84.2 Å². The van der Waals surface area contributed by atoms with E-state index in [0.717, 1.165) is 37.5 Å². The van der Waals surface area contributed by atoms with Crippen LogP contribution in [-0.2, 0) is 0 Å². The first kappa shape index (κ1) is 16.5. The van der Waals surface area contributed by atoms with E-state index in [1.807, 2.05) is 0 Å². The minimum atomic E-state index is -0.0308. The summed E-state index contributed by atoms with van der Waals surface area (Å²) in [6.45, 7) is 4.36. The number of hydrogen-bond donors (Lipinski definition) is 1. The van der Waals surface area contributed by atoms with Crippen LogP contribution in [0.25, 0.3) is 0 Å². The smallest absolute Gasteiger partial charge is 0.0655 e. The van der Waals surface area contributed by atoms with E-state index in [1.165, 1.54) is 38.5 Å². The van der Waals surface area contributed by atoms with Crippen LogP contribution in [-0.4, -0.2) is 11.2 Å². The minimum absolute atomic E-state index is 0.0308. The van der Waals surface area contributed by atoms with Crippen LogP contribution in [0.2, 0.25) is 0 Å². The second-order valence-corrected chi connectivity index (χ2v) is 6.31. The maximum absolute atomic E-state index is 9.46. The molecule has 0 aromatic carbocycles. The monoisotopic (exact) mass is 265 g/mol. The summed E-state index contributed by atoms with van der Waals surface area (Å²) in [4.78, 5) is 0. The average Bonchev–Trinajstić information content (AvgIpc) is 2.48. The second kappa shape index (κ2) is 9.37. The number of aliphatic hydroxyl groups is 1. The molecule has 0 aromatic rings. The van der Waals surface area contributed by atoms with Crippen LogP contribution in [0.15, 0.2) is 0 Å². The van der Waals surface area contributed by atoms with Gasteiger partial charge in [-0.25, -0.2) is 0 Å². The molecule has 2 aliphatic rings. The van der Waals surface area contributed by atoms with Crippen molar-refractivity contribution in [3.05, 3.63) is 0 Å². The zero-order valence-corrected chi connectivity index (χ0v) is 12.8. The summed E-state index contributed by atoms with van der Waals surface area (Å²) in [5, 5.41) is 18.3. The van der Waals surface area contributed by atoms with Crippen molar-refractivity contribution in [3.63, 3.8) is 0 Å². The third-order valence-corrected chi connectivity index (χ3v) is 4.86. The SMILES string of the molecule is CCCC.N#CC1CCC(C2CCC(O)CC2)CC1. The molecule has 19 heavy (non-hydrogen) atoms. The molecule has 1 N–H and O–H groups in total. The normalized spacial score (nSPS) is 34.8. The number of nitriles is 1. The molecule has 2 rings (SSSR count). The van der Waals surface area contributed by atoms with Gasteiger partial charge in [0.25, 0.3) is 0 Å². The van der Waals surface area contributed by atoms with Crippen LogP contribution in [0.1, 0.15) is 78.1 Å². The van der Waals surface area contributed by atoms with Crippen LogP contribution in [0.4, 0.5) is 0 Å². The van der Waals surface area contributed by atoms with Crippen LogP contribution < -0.4 is 0 Å². The van der Waals surface area contributed by atoms with E-state index in [1.54, 1.807) is 0 Å². The molecule has 0 bridgehead atoms. The summed E-state index contributed by atoms with van der Waals surface area (Å²) in [5.41, 5.74) is 0. The van der Waals surface area contributed by atoms with Crippen molar-refractivity contribution < 1.29 is 5.11 Å². The predicted molar refractivity (Wildman–Crippen MR) is 79.6 cm³/mol. The fourth-order valence-corrected chi connectivity index (χ4v) is 3.29. The first-order valence-electron chi connectivity index (χ1n) is 8.28. The van der Waals surface area contributed by atoms with Gasteiger partial charge in [0, 0.05) is 5.92 Å². The van der Waals surface area contributed by atoms with Gasteiger partial charge in [0.05, 0.1) is 12.2 Å². The largest absolute Gasteiger partial charge is 0.393 e. The van der Waals surface area contributed by atoms with E-state index in [2.05, 4.69) is 19.9 Å². The van der Waals surface area contributed by atoms with Crippen LogP contribution in [0.3, 0.4) is 0 Å². The average molecular weight is 265 g/mol. The van der Waals surface area contributed by atoms with Gasteiger partial charge in [-0.1, -0.05) is 26.7 Å². The summed E-state index contributed by atoms with van der Waals surface area (Å²) in [7, 11) is 0. The lowest BCUT2D eigenvalue weighted by Crippen LogP contribution is -2.27. The first-order chi connectivity index (χ1) is 9.21. The van der Waals surface area contributed by atoms with E-state index in [0.29, 0.717) is 5.92 Å². The molecule has 0 spiro atoms. The summed E-state index contributed by atoms with van der Waals surface area (Å²) in [6.07, 6.45) is 11.8. The molecule has 2 aliphatic carbocycles. The van der Waals surface area contributed by atoms with Crippen LogP contribution in [0, 0.1) is 29.1 Å². The van der Waals surface area contributed by atoms with Gasteiger partial charge in [0.1, 0.15) is 0 Å². The summed E-state index contributed by atoms with van der Waals surface area (Å²) < 4.78 is 0. The Balaban J connectivity index is 0.000000399. The van der Waals surface area contributed by atoms with Gasteiger partial charge in [0.15, 0.2) is 0 Å². The summed E-state index contributed by atoms with van der Waals surface area (Å²) in [6, 6.07) is 2.39. The molecule has 0 heterocycles. The Hall–Kier alpha value is -0.550. The molecule has 0 aliphatic heterocycles. The van der Waals surface area contributed by atoms with Crippen molar-refractivity contribution in [2.75, 3.05) is 0 Å². The van der Waals surface area contributed by atoms with Gasteiger partial charge in [-0.05, 0) is 63.2 Å². The Kier molecular flexibility index (Phi) is 8.14. The third-order valence-electron chi connectivity index (χ3n) is 4.86. The van der Waals surface area contributed by atoms with Gasteiger partial charge in [-0.15, -0.1) is 0 Å². The van der Waals surface area contributed by atoms with Crippen molar-refractivity contribution >= 4 is 0 Å². The standard InChI is InChI=1S/C13H21NO.C4H10/c14-9-10-1-3-11(4-2-10)12-5-7-13(15)8-6-12;1-3-4-2/h10-13,15H,1-8H2;3-4H2,1-2H3. The lowest BCUT2D eigenvalue weighted by atomic mass is 9.71. The summed E-state index contributed by atoms with van der Waals surface area (Å²) in [5.74, 6) is 2.02. The maximum Gasteiger partial charge on any atom is 0.0655 e. The number of hydrogen-bond acceptors (Lipinski definition) is 2. The lowest BCUT2D eigenvalue weighted by Gasteiger charge is -2.35. The van der Waals surface area contributed by atoms with Gasteiger partial charge in [-0.3, -0.25) is 0 Å². The molecular formula is C17H31NO. The van der Waals surface area contributed by atoms with Crippen LogP contribution >= 0.6 is 0 Å². The van der Waals surface area contributed by atoms with Crippen molar-refractivity contribution in [2.24, 2.45) is 17.8 Å². The fraction of sp³-hybridized carbons (Fsp3) is 0.941. The van der Waals surface area contributed by atoms with E-state index in [9.17, 15) is 5.11 Å². The van der Waals surface area contributed by atoms with E-state index < -0.39 is 0 Å². The molecule has 2 nitrogen and oxygen atoms in total. The van der Waals surface area contributed by atoms with Crippen molar-refractivity contribution in [3.8, 4) is 6.07 Å². The molecule has 0 amide bonds. The number of rotatable bonds is 2. The minimum Gasteiger partial charge on any atom is -0.393 e. The molecule has 2 fully saturated rings. The highest BCUT2D eigenvalue weighted by molar-refractivity contribution is 4.89. The molecule has 0 saturated heterocycles.